The monoisotopic (exact) mass is 324 g/mol. The molecule has 2 aromatic carbocycles. The zero-order valence-corrected chi connectivity index (χ0v) is 14.0. The van der Waals surface area contributed by atoms with Gasteiger partial charge in [0.05, 0.1) is 19.9 Å². The first-order chi connectivity index (χ1) is 11.6. The number of ether oxygens (including phenoxy) is 2. The summed E-state index contributed by atoms with van der Waals surface area (Å²) in [5.74, 6) is 1.13. The van der Waals surface area contributed by atoms with E-state index < -0.39 is 0 Å². The molecule has 0 aliphatic heterocycles. The molecular formula is C19H20N2O3. The summed E-state index contributed by atoms with van der Waals surface area (Å²) in [6.45, 7) is 2.29. The van der Waals surface area contributed by atoms with Gasteiger partial charge in [-0.3, -0.25) is 4.79 Å². The van der Waals surface area contributed by atoms with Gasteiger partial charge in [0, 0.05) is 17.8 Å². The van der Waals surface area contributed by atoms with E-state index in [4.69, 9.17) is 9.47 Å². The van der Waals surface area contributed by atoms with Gasteiger partial charge >= 0.3 is 0 Å². The molecule has 0 radical (unpaired) electrons. The van der Waals surface area contributed by atoms with Gasteiger partial charge in [-0.2, -0.15) is 0 Å². The zero-order valence-electron chi connectivity index (χ0n) is 14.0. The Morgan fingerprint density at radius 3 is 2.67 bits per heavy atom. The molecule has 5 nitrogen and oxygen atoms in total. The van der Waals surface area contributed by atoms with Gasteiger partial charge < -0.3 is 19.4 Å². The largest absolute Gasteiger partial charge is 0.497 e. The second kappa shape index (κ2) is 6.66. The van der Waals surface area contributed by atoms with Gasteiger partial charge in [0.2, 0.25) is 5.91 Å². The number of aryl methyl sites for hydroxylation is 1. The molecule has 3 rings (SSSR count). The third-order valence-electron chi connectivity index (χ3n) is 3.92. The van der Waals surface area contributed by atoms with Crippen LogP contribution in [0.3, 0.4) is 0 Å². The van der Waals surface area contributed by atoms with E-state index in [1.54, 1.807) is 32.4 Å². The van der Waals surface area contributed by atoms with Crippen LogP contribution in [0.1, 0.15) is 5.56 Å². The molecule has 0 atom stereocenters. The highest BCUT2D eigenvalue weighted by Gasteiger charge is 2.11. The van der Waals surface area contributed by atoms with Crippen LogP contribution in [0.15, 0.2) is 48.7 Å². The van der Waals surface area contributed by atoms with Gasteiger partial charge in [0.25, 0.3) is 0 Å². The van der Waals surface area contributed by atoms with E-state index in [0.29, 0.717) is 17.2 Å². The van der Waals surface area contributed by atoms with E-state index in [0.717, 1.165) is 10.9 Å². The molecule has 0 unspecified atom stereocenters. The molecule has 1 aromatic heterocycles. The lowest BCUT2D eigenvalue weighted by atomic mass is 10.2. The van der Waals surface area contributed by atoms with Crippen molar-refractivity contribution >= 4 is 22.5 Å². The van der Waals surface area contributed by atoms with Crippen LogP contribution in [-0.4, -0.2) is 24.7 Å². The molecule has 1 N–H and O–H groups in total. The number of hydrogen-bond donors (Lipinski definition) is 1. The number of fused-ring (bicyclic) bond motifs is 1. The maximum Gasteiger partial charge on any atom is 0.244 e. The van der Waals surface area contributed by atoms with Crippen molar-refractivity contribution in [1.82, 2.24) is 4.57 Å². The minimum absolute atomic E-state index is 0.114. The Balaban J connectivity index is 1.78. The molecule has 24 heavy (non-hydrogen) atoms. The molecule has 1 heterocycles. The molecule has 3 aromatic rings. The average molecular weight is 324 g/mol. The van der Waals surface area contributed by atoms with Gasteiger partial charge in [0.15, 0.2) is 0 Å². The minimum Gasteiger partial charge on any atom is -0.497 e. The second-order valence-corrected chi connectivity index (χ2v) is 5.62. The lowest BCUT2D eigenvalue weighted by Crippen LogP contribution is -2.18. The third kappa shape index (κ3) is 3.20. The third-order valence-corrected chi connectivity index (χ3v) is 3.92. The van der Waals surface area contributed by atoms with Crippen LogP contribution in [-0.2, 0) is 11.3 Å². The quantitative estimate of drug-likeness (QED) is 0.780. The maximum absolute atomic E-state index is 12.4. The van der Waals surface area contributed by atoms with Crippen molar-refractivity contribution in [3.05, 3.63) is 54.2 Å². The van der Waals surface area contributed by atoms with E-state index >= 15 is 0 Å². The average Bonchev–Trinajstić information content (AvgIpc) is 2.97. The first-order valence-electron chi connectivity index (χ1n) is 7.68. The summed E-state index contributed by atoms with van der Waals surface area (Å²) >= 11 is 0. The van der Waals surface area contributed by atoms with Crippen LogP contribution in [0, 0.1) is 6.92 Å². The number of benzene rings is 2. The number of rotatable bonds is 5. The van der Waals surface area contributed by atoms with Crippen LogP contribution in [0.4, 0.5) is 5.69 Å². The lowest BCUT2D eigenvalue weighted by molar-refractivity contribution is -0.116. The molecule has 0 saturated heterocycles. The van der Waals surface area contributed by atoms with Gasteiger partial charge in [-0.15, -0.1) is 0 Å². The first-order valence-corrected chi connectivity index (χ1v) is 7.68. The summed E-state index contributed by atoms with van der Waals surface area (Å²) in [4.78, 5) is 12.4. The molecule has 0 spiro atoms. The molecule has 5 heteroatoms. The van der Waals surface area contributed by atoms with E-state index in [1.807, 2.05) is 29.0 Å². The zero-order chi connectivity index (χ0) is 17.1. The van der Waals surface area contributed by atoms with Crippen molar-refractivity contribution in [3.63, 3.8) is 0 Å². The standard InChI is InChI=1S/C19H20N2O3/c1-13-4-7-17-14(10-13)8-9-21(17)12-19(22)20-16-6-5-15(23-2)11-18(16)24-3/h4-11H,12H2,1-3H3,(H,20,22). The van der Waals surface area contributed by atoms with Gasteiger partial charge in [-0.05, 0) is 42.6 Å². The highest BCUT2D eigenvalue weighted by atomic mass is 16.5. The molecule has 0 aliphatic carbocycles. The number of amides is 1. The summed E-state index contributed by atoms with van der Waals surface area (Å²) in [7, 11) is 3.15. The van der Waals surface area contributed by atoms with Gasteiger partial charge in [-0.25, -0.2) is 0 Å². The molecule has 0 aliphatic rings. The number of carbonyl (C=O) groups excluding carboxylic acids is 1. The fourth-order valence-electron chi connectivity index (χ4n) is 2.70. The number of nitrogens with zero attached hydrogens (tertiary/aromatic N) is 1. The summed E-state index contributed by atoms with van der Waals surface area (Å²) in [6.07, 6.45) is 1.93. The Labute approximate surface area is 140 Å². The van der Waals surface area contributed by atoms with Crippen molar-refractivity contribution in [3.8, 4) is 11.5 Å². The fraction of sp³-hybridized carbons (Fsp3) is 0.211. The Hall–Kier alpha value is -2.95. The SMILES string of the molecule is COc1ccc(NC(=O)Cn2ccc3cc(C)ccc32)c(OC)c1. The molecule has 1 amide bonds. The Bertz CT molecular complexity index is 883. The molecule has 0 bridgehead atoms. The van der Waals surface area contributed by atoms with Gasteiger partial charge in [-0.1, -0.05) is 11.6 Å². The lowest BCUT2D eigenvalue weighted by Gasteiger charge is -2.12. The molecule has 0 fully saturated rings. The number of methoxy groups -OCH3 is 2. The number of carbonyl (C=O) groups is 1. The summed E-state index contributed by atoms with van der Waals surface area (Å²) < 4.78 is 12.4. The predicted molar refractivity (Wildman–Crippen MR) is 94.9 cm³/mol. The van der Waals surface area contributed by atoms with E-state index in [9.17, 15) is 4.79 Å². The molecule has 0 saturated carbocycles. The number of hydrogen-bond acceptors (Lipinski definition) is 3. The summed E-state index contributed by atoms with van der Waals surface area (Å²) in [6, 6.07) is 13.5. The van der Waals surface area contributed by atoms with E-state index in [-0.39, 0.29) is 12.5 Å². The summed E-state index contributed by atoms with van der Waals surface area (Å²) in [5.41, 5.74) is 2.86. The highest BCUT2D eigenvalue weighted by molar-refractivity contribution is 5.93. The smallest absolute Gasteiger partial charge is 0.244 e. The van der Waals surface area contributed by atoms with Crippen LogP contribution in [0.25, 0.3) is 10.9 Å². The Morgan fingerprint density at radius 2 is 1.92 bits per heavy atom. The number of nitrogens with one attached hydrogen (secondary N) is 1. The first kappa shape index (κ1) is 15.9. The number of aromatic nitrogens is 1. The van der Waals surface area contributed by atoms with Crippen LogP contribution in [0.2, 0.25) is 0 Å². The second-order valence-electron chi connectivity index (χ2n) is 5.62. The Kier molecular flexibility index (Phi) is 4.42. The number of anilines is 1. The minimum atomic E-state index is -0.114. The summed E-state index contributed by atoms with van der Waals surface area (Å²) in [5, 5.41) is 4.02. The van der Waals surface area contributed by atoms with Gasteiger partial charge in [0.1, 0.15) is 18.0 Å². The molecule has 124 valence electrons. The van der Waals surface area contributed by atoms with E-state index in [2.05, 4.69) is 18.3 Å². The highest BCUT2D eigenvalue weighted by Crippen LogP contribution is 2.29. The predicted octanol–water partition coefficient (Wildman–Crippen LogP) is 3.61. The molecular weight excluding hydrogens is 304 g/mol. The van der Waals surface area contributed by atoms with Crippen molar-refractivity contribution < 1.29 is 14.3 Å². The van der Waals surface area contributed by atoms with Crippen molar-refractivity contribution in [2.75, 3.05) is 19.5 Å². The topological polar surface area (TPSA) is 52.5 Å². The maximum atomic E-state index is 12.4. The fourth-order valence-corrected chi connectivity index (χ4v) is 2.70. The normalized spacial score (nSPS) is 10.6. The van der Waals surface area contributed by atoms with Crippen molar-refractivity contribution in [2.45, 2.75) is 13.5 Å². The Morgan fingerprint density at radius 1 is 1.08 bits per heavy atom. The van der Waals surface area contributed by atoms with Crippen LogP contribution in [0.5, 0.6) is 11.5 Å². The van der Waals surface area contributed by atoms with Crippen LogP contribution >= 0.6 is 0 Å². The van der Waals surface area contributed by atoms with Crippen molar-refractivity contribution in [1.29, 1.82) is 0 Å². The van der Waals surface area contributed by atoms with Crippen molar-refractivity contribution in [2.24, 2.45) is 0 Å². The van der Waals surface area contributed by atoms with Crippen LogP contribution < -0.4 is 14.8 Å². The van der Waals surface area contributed by atoms with E-state index in [1.165, 1.54) is 5.56 Å².